The molecule has 0 spiro atoms. The van der Waals surface area contributed by atoms with Gasteiger partial charge >= 0.3 is 0 Å². The van der Waals surface area contributed by atoms with Gasteiger partial charge in [0.05, 0.1) is 18.7 Å². The lowest BCUT2D eigenvalue weighted by Crippen LogP contribution is -2.46. The zero-order valence-corrected chi connectivity index (χ0v) is 20.2. The summed E-state index contributed by atoms with van der Waals surface area (Å²) in [5, 5.41) is 8.50. The fourth-order valence-electron chi connectivity index (χ4n) is 4.41. The quantitative estimate of drug-likeness (QED) is 0.487. The number of morpholine rings is 1. The molecule has 2 fully saturated rings. The highest BCUT2D eigenvalue weighted by Crippen LogP contribution is 2.26. The monoisotopic (exact) mass is 456 g/mol. The molecule has 7 nitrogen and oxygen atoms in total. The number of piperazine rings is 1. The van der Waals surface area contributed by atoms with E-state index < -0.39 is 0 Å². The van der Waals surface area contributed by atoms with Gasteiger partial charge in [0.1, 0.15) is 5.82 Å². The first-order valence-electron chi connectivity index (χ1n) is 11.9. The standard InChI is InChI=1S/C24H36N6OS/c1-3-28-9-11-30(12-10-28)23-17-19(2)21-18-20(5-6-22(21)27-23)26-24(32)25-7-4-8-29-13-15-31-16-14-29/h5-6,17-18H,3-4,7-16H2,1-2H3,(H2,25,26,32). The van der Waals surface area contributed by atoms with Crippen LogP contribution in [0.3, 0.4) is 0 Å². The molecule has 0 bridgehead atoms. The number of hydrogen-bond acceptors (Lipinski definition) is 6. The van der Waals surface area contributed by atoms with Gasteiger partial charge in [-0.3, -0.25) is 4.90 Å². The Labute approximate surface area is 197 Å². The molecule has 2 aliphatic rings. The molecule has 1 aromatic heterocycles. The van der Waals surface area contributed by atoms with Crippen molar-refractivity contribution in [3.8, 4) is 0 Å². The predicted octanol–water partition coefficient (Wildman–Crippen LogP) is 2.69. The molecular weight excluding hydrogens is 420 g/mol. The molecule has 2 saturated heterocycles. The molecular formula is C24H36N6OS. The van der Waals surface area contributed by atoms with Gasteiger partial charge in [0.2, 0.25) is 0 Å². The minimum atomic E-state index is 0.669. The Morgan fingerprint density at radius 2 is 1.84 bits per heavy atom. The Morgan fingerprint density at radius 3 is 2.59 bits per heavy atom. The summed E-state index contributed by atoms with van der Waals surface area (Å²) in [6, 6.07) is 8.53. The molecule has 0 amide bonds. The Balaban J connectivity index is 1.31. The van der Waals surface area contributed by atoms with E-state index in [-0.39, 0.29) is 0 Å². The van der Waals surface area contributed by atoms with Crippen molar-refractivity contribution in [2.75, 3.05) is 82.3 Å². The molecule has 0 atom stereocenters. The van der Waals surface area contributed by atoms with Crippen LogP contribution < -0.4 is 15.5 Å². The number of pyridine rings is 1. The van der Waals surface area contributed by atoms with Gasteiger partial charge in [-0.1, -0.05) is 6.92 Å². The molecule has 1 aromatic carbocycles. The normalized spacial score (nSPS) is 18.1. The number of aromatic nitrogens is 1. The van der Waals surface area contributed by atoms with Crippen molar-refractivity contribution in [2.45, 2.75) is 20.3 Å². The second-order valence-corrected chi connectivity index (χ2v) is 9.05. The number of ether oxygens (including phenoxy) is 1. The van der Waals surface area contributed by atoms with Crippen molar-refractivity contribution >= 4 is 39.7 Å². The van der Waals surface area contributed by atoms with Crippen LogP contribution >= 0.6 is 12.2 Å². The summed E-state index contributed by atoms with van der Waals surface area (Å²) in [5.41, 5.74) is 3.28. The number of hydrogen-bond donors (Lipinski definition) is 2. The summed E-state index contributed by atoms with van der Waals surface area (Å²) in [7, 11) is 0. The lowest BCUT2D eigenvalue weighted by atomic mass is 10.1. The van der Waals surface area contributed by atoms with E-state index in [0.29, 0.717) is 5.11 Å². The largest absolute Gasteiger partial charge is 0.379 e. The number of rotatable bonds is 7. The van der Waals surface area contributed by atoms with E-state index in [9.17, 15) is 0 Å². The molecule has 2 aromatic rings. The maximum absolute atomic E-state index is 5.50. The van der Waals surface area contributed by atoms with Crippen LogP contribution in [0.25, 0.3) is 10.9 Å². The summed E-state index contributed by atoms with van der Waals surface area (Å²) in [4.78, 5) is 12.3. The zero-order valence-electron chi connectivity index (χ0n) is 19.4. The van der Waals surface area contributed by atoms with E-state index in [1.165, 1.54) is 10.9 Å². The Kier molecular flexibility index (Phi) is 8.13. The number of nitrogens with one attached hydrogen (secondary N) is 2. The predicted molar refractivity (Wildman–Crippen MR) is 137 cm³/mol. The smallest absolute Gasteiger partial charge is 0.170 e. The van der Waals surface area contributed by atoms with E-state index >= 15 is 0 Å². The third-order valence-corrected chi connectivity index (χ3v) is 6.69. The van der Waals surface area contributed by atoms with E-state index in [4.69, 9.17) is 21.9 Å². The van der Waals surface area contributed by atoms with Crippen molar-refractivity contribution in [3.63, 3.8) is 0 Å². The topological polar surface area (TPSA) is 55.9 Å². The first-order valence-corrected chi connectivity index (χ1v) is 12.3. The minimum Gasteiger partial charge on any atom is -0.379 e. The fourth-order valence-corrected chi connectivity index (χ4v) is 4.63. The maximum Gasteiger partial charge on any atom is 0.170 e. The number of benzene rings is 1. The van der Waals surface area contributed by atoms with Crippen LogP contribution in [0.5, 0.6) is 0 Å². The van der Waals surface area contributed by atoms with E-state index in [1.807, 2.05) is 0 Å². The van der Waals surface area contributed by atoms with Gasteiger partial charge in [-0.25, -0.2) is 4.98 Å². The molecule has 2 N–H and O–H groups in total. The molecule has 4 rings (SSSR count). The number of anilines is 2. The summed E-state index contributed by atoms with van der Waals surface area (Å²) < 4.78 is 5.40. The van der Waals surface area contributed by atoms with Crippen LogP contribution in [-0.4, -0.2) is 92.0 Å². The molecule has 32 heavy (non-hydrogen) atoms. The van der Waals surface area contributed by atoms with Gasteiger partial charge in [-0.15, -0.1) is 0 Å². The van der Waals surface area contributed by atoms with Gasteiger partial charge in [-0.2, -0.15) is 0 Å². The van der Waals surface area contributed by atoms with Gasteiger partial charge in [0.15, 0.2) is 5.11 Å². The first kappa shape index (κ1) is 23.2. The van der Waals surface area contributed by atoms with E-state index in [0.717, 1.165) is 95.6 Å². The molecule has 174 valence electrons. The average molecular weight is 457 g/mol. The van der Waals surface area contributed by atoms with Gasteiger partial charge in [-0.05, 0) is 68.5 Å². The molecule has 2 aliphatic heterocycles. The SMILES string of the molecule is CCN1CCN(c2cc(C)c3cc(NC(=S)NCCCN4CCOCC4)ccc3n2)CC1. The Hall–Kier alpha value is -2.00. The number of aryl methyl sites for hydroxylation is 1. The minimum absolute atomic E-state index is 0.669. The van der Waals surface area contributed by atoms with Crippen molar-refractivity contribution < 1.29 is 4.74 Å². The number of thiocarbonyl (C=S) groups is 1. The van der Waals surface area contributed by atoms with Crippen LogP contribution in [0.15, 0.2) is 24.3 Å². The summed E-state index contributed by atoms with van der Waals surface area (Å²) in [6.07, 6.45) is 1.07. The Bertz CT molecular complexity index is 909. The summed E-state index contributed by atoms with van der Waals surface area (Å²) >= 11 is 5.50. The van der Waals surface area contributed by atoms with Gasteiger partial charge in [0, 0.05) is 56.9 Å². The second-order valence-electron chi connectivity index (χ2n) is 8.64. The van der Waals surface area contributed by atoms with Crippen molar-refractivity contribution in [1.82, 2.24) is 20.1 Å². The average Bonchev–Trinajstić information content (AvgIpc) is 2.83. The maximum atomic E-state index is 5.50. The second kappa shape index (κ2) is 11.2. The van der Waals surface area contributed by atoms with Crippen LogP contribution in [0.2, 0.25) is 0 Å². The molecule has 0 unspecified atom stereocenters. The summed E-state index contributed by atoms with van der Waals surface area (Å²) in [6.45, 7) is 15.5. The first-order chi connectivity index (χ1) is 15.6. The van der Waals surface area contributed by atoms with E-state index in [2.05, 4.69) is 63.4 Å². The third-order valence-electron chi connectivity index (χ3n) is 6.44. The van der Waals surface area contributed by atoms with Gasteiger partial charge in [0.25, 0.3) is 0 Å². The third kappa shape index (κ3) is 6.07. The van der Waals surface area contributed by atoms with Crippen molar-refractivity contribution in [2.24, 2.45) is 0 Å². The van der Waals surface area contributed by atoms with Crippen LogP contribution in [0.4, 0.5) is 11.5 Å². The molecule has 0 radical (unpaired) electrons. The lowest BCUT2D eigenvalue weighted by molar-refractivity contribution is 0.0376. The highest BCUT2D eigenvalue weighted by atomic mass is 32.1. The number of fused-ring (bicyclic) bond motifs is 1. The van der Waals surface area contributed by atoms with E-state index in [1.54, 1.807) is 0 Å². The number of likely N-dealkylation sites (N-methyl/N-ethyl adjacent to an activating group) is 1. The van der Waals surface area contributed by atoms with Crippen LogP contribution in [0, 0.1) is 6.92 Å². The molecule has 0 aliphatic carbocycles. The van der Waals surface area contributed by atoms with Crippen LogP contribution in [-0.2, 0) is 4.74 Å². The molecule has 8 heteroatoms. The van der Waals surface area contributed by atoms with Crippen molar-refractivity contribution in [3.05, 3.63) is 29.8 Å². The fraction of sp³-hybridized carbons (Fsp3) is 0.583. The highest BCUT2D eigenvalue weighted by Gasteiger charge is 2.18. The van der Waals surface area contributed by atoms with Crippen LogP contribution in [0.1, 0.15) is 18.9 Å². The van der Waals surface area contributed by atoms with Crippen molar-refractivity contribution in [1.29, 1.82) is 0 Å². The Morgan fingerprint density at radius 1 is 1.06 bits per heavy atom. The zero-order chi connectivity index (χ0) is 22.3. The lowest BCUT2D eigenvalue weighted by Gasteiger charge is -2.35. The highest BCUT2D eigenvalue weighted by molar-refractivity contribution is 7.80. The summed E-state index contributed by atoms with van der Waals surface area (Å²) in [5.74, 6) is 1.09. The molecule has 3 heterocycles. The number of nitrogens with zero attached hydrogens (tertiary/aromatic N) is 4. The van der Waals surface area contributed by atoms with Gasteiger partial charge < -0.3 is 25.2 Å². The molecule has 0 saturated carbocycles.